The molecule has 3 nitrogen and oxygen atoms in total. The molecule has 0 aromatic heterocycles. The largest absolute Gasteiger partial charge is 0.372 e. The molecule has 3 heteroatoms. The van der Waals surface area contributed by atoms with Crippen LogP contribution < -0.4 is 10.2 Å². The van der Waals surface area contributed by atoms with Crippen LogP contribution in [0.3, 0.4) is 0 Å². The molecule has 0 bridgehead atoms. The molecular formula is C17H28N2O. The Bertz CT molecular complexity index is 409. The first-order valence-corrected chi connectivity index (χ1v) is 7.75. The quantitative estimate of drug-likeness (QED) is 0.894. The molecule has 112 valence electrons. The zero-order valence-corrected chi connectivity index (χ0v) is 13.2. The van der Waals surface area contributed by atoms with Gasteiger partial charge in [0.2, 0.25) is 0 Å². The summed E-state index contributed by atoms with van der Waals surface area (Å²) in [5.41, 5.74) is 2.74. The zero-order valence-electron chi connectivity index (χ0n) is 13.2. The third-order valence-corrected chi connectivity index (χ3v) is 3.62. The second kappa shape index (κ2) is 7.09. The minimum atomic E-state index is 0.301. The number of benzene rings is 1. The number of ether oxygens (including phenoxy) is 1. The zero-order chi connectivity index (χ0) is 14.5. The van der Waals surface area contributed by atoms with Crippen LogP contribution in [0.25, 0.3) is 0 Å². The molecule has 0 spiro atoms. The number of hydrogen-bond acceptors (Lipinski definition) is 3. The molecule has 1 aromatic carbocycles. The van der Waals surface area contributed by atoms with Gasteiger partial charge < -0.3 is 15.0 Å². The lowest BCUT2D eigenvalue weighted by molar-refractivity contribution is -0.00526. The molecule has 0 unspecified atom stereocenters. The van der Waals surface area contributed by atoms with Crippen molar-refractivity contribution in [1.82, 2.24) is 5.32 Å². The van der Waals surface area contributed by atoms with Gasteiger partial charge in [-0.2, -0.15) is 0 Å². The van der Waals surface area contributed by atoms with E-state index in [0.717, 1.165) is 26.2 Å². The Morgan fingerprint density at radius 1 is 1.20 bits per heavy atom. The SMILES string of the molecule is CC(C)CNCc1ccccc1N1C[C@@H](C)O[C@@H](C)C1. The summed E-state index contributed by atoms with van der Waals surface area (Å²) in [6, 6.07) is 8.72. The summed E-state index contributed by atoms with van der Waals surface area (Å²) in [6.07, 6.45) is 0.603. The van der Waals surface area contributed by atoms with Crippen molar-refractivity contribution in [2.45, 2.75) is 46.4 Å². The van der Waals surface area contributed by atoms with Crippen molar-refractivity contribution in [2.24, 2.45) is 5.92 Å². The molecular weight excluding hydrogens is 248 g/mol. The maximum atomic E-state index is 5.83. The monoisotopic (exact) mass is 276 g/mol. The van der Waals surface area contributed by atoms with Crippen molar-refractivity contribution in [3.63, 3.8) is 0 Å². The molecule has 1 heterocycles. The van der Waals surface area contributed by atoms with Crippen LogP contribution in [-0.4, -0.2) is 31.8 Å². The predicted octanol–water partition coefficient (Wildman–Crippen LogP) is 3.05. The van der Waals surface area contributed by atoms with E-state index in [1.54, 1.807) is 0 Å². The second-order valence-electron chi connectivity index (χ2n) is 6.32. The van der Waals surface area contributed by atoms with Crippen molar-refractivity contribution in [3.8, 4) is 0 Å². The van der Waals surface area contributed by atoms with Crippen molar-refractivity contribution in [2.75, 3.05) is 24.5 Å². The lowest BCUT2D eigenvalue weighted by Gasteiger charge is -2.37. The molecule has 0 saturated carbocycles. The lowest BCUT2D eigenvalue weighted by Crippen LogP contribution is -2.46. The number of morpholine rings is 1. The van der Waals surface area contributed by atoms with Crippen LogP contribution in [0, 0.1) is 5.92 Å². The van der Waals surface area contributed by atoms with Gasteiger partial charge in [-0.15, -0.1) is 0 Å². The van der Waals surface area contributed by atoms with E-state index in [1.165, 1.54) is 11.3 Å². The van der Waals surface area contributed by atoms with Gasteiger partial charge in [0.05, 0.1) is 12.2 Å². The highest BCUT2D eigenvalue weighted by molar-refractivity contribution is 5.54. The Balaban J connectivity index is 2.06. The fourth-order valence-corrected chi connectivity index (χ4v) is 2.84. The Labute approximate surface area is 123 Å². The number of nitrogens with one attached hydrogen (secondary N) is 1. The summed E-state index contributed by atoms with van der Waals surface area (Å²) in [7, 11) is 0. The molecule has 2 rings (SSSR count). The van der Waals surface area contributed by atoms with Crippen LogP contribution in [-0.2, 0) is 11.3 Å². The van der Waals surface area contributed by atoms with Crippen molar-refractivity contribution >= 4 is 5.69 Å². The third kappa shape index (κ3) is 4.22. The van der Waals surface area contributed by atoms with E-state index in [9.17, 15) is 0 Å². The van der Waals surface area contributed by atoms with E-state index in [2.05, 4.69) is 62.2 Å². The smallest absolute Gasteiger partial charge is 0.0726 e. The maximum absolute atomic E-state index is 5.83. The minimum absolute atomic E-state index is 0.301. The van der Waals surface area contributed by atoms with Gasteiger partial charge in [-0.1, -0.05) is 32.0 Å². The first-order valence-electron chi connectivity index (χ1n) is 7.75. The molecule has 0 amide bonds. The average molecular weight is 276 g/mol. The number of para-hydroxylation sites is 1. The standard InChI is InChI=1S/C17H28N2O/c1-13(2)9-18-10-16-7-5-6-8-17(16)19-11-14(3)20-15(4)12-19/h5-8,13-15,18H,9-12H2,1-4H3/t14-,15+. The van der Waals surface area contributed by atoms with Gasteiger partial charge in [0.1, 0.15) is 0 Å². The normalized spacial score (nSPS) is 23.4. The molecule has 0 radical (unpaired) electrons. The summed E-state index contributed by atoms with van der Waals surface area (Å²) in [5, 5.41) is 3.55. The van der Waals surface area contributed by atoms with Crippen molar-refractivity contribution < 1.29 is 4.74 Å². The first kappa shape index (κ1) is 15.3. The predicted molar refractivity (Wildman–Crippen MR) is 85.2 cm³/mol. The van der Waals surface area contributed by atoms with Gasteiger partial charge in [-0.25, -0.2) is 0 Å². The summed E-state index contributed by atoms with van der Waals surface area (Å²) in [4.78, 5) is 2.46. The average Bonchev–Trinajstić information content (AvgIpc) is 2.37. The van der Waals surface area contributed by atoms with Crippen molar-refractivity contribution in [1.29, 1.82) is 0 Å². The highest BCUT2D eigenvalue weighted by Crippen LogP contribution is 2.24. The van der Waals surface area contributed by atoms with Crippen LogP contribution in [0.5, 0.6) is 0 Å². The number of anilines is 1. The van der Waals surface area contributed by atoms with Crippen molar-refractivity contribution in [3.05, 3.63) is 29.8 Å². The molecule has 1 aliphatic heterocycles. The third-order valence-electron chi connectivity index (χ3n) is 3.62. The van der Waals surface area contributed by atoms with Gasteiger partial charge in [-0.3, -0.25) is 0 Å². The number of rotatable bonds is 5. The van der Waals surface area contributed by atoms with Gasteiger partial charge in [0, 0.05) is 25.3 Å². The van der Waals surface area contributed by atoms with Gasteiger partial charge in [0.25, 0.3) is 0 Å². The van der Waals surface area contributed by atoms with E-state index in [-0.39, 0.29) is 0 Å². The molecule has 1 aliphatic rings. The van der Waals surface area contributed by atoms with Crippen LogP contribution >= 0.6 is 0 Å². The molecule has 1 saturated heterocycles. The molecule has 20 heavy (non-hydrogen) atoms. The van der Waals surface area contributed by atoms with Crippen LogP contribution in [0.1, 0.15) is 33.3 Å². The van der Waals surface area contributed by atoms with Gasteiger partial charge >= 0.3 is 0 Å². The molecule has 0 aliphatic carbocycles. The number of hydrogen-bond donors (Lipinski definition) is 1. The second-order valence-corrected chi connectivity index (χ2v) is 6.32. The maximum Gasteiger partial charge on any atom is 0.0726 e. The summed E-state index contributed by atoms with van der Waals surface area (Å²) in [5.74, 6) is 0.686. The molecule has 1 aromatic rings. The van der Waals surface area contributed by atoms with E-state index in [4.69, 9.17) is 4.74 Å². The molecule has 1 fully saturated rings. The van der Waals surface area contributed by atoms with E-state index < -0.39 is 0 Å². The first-order chi connectivity index (χ1) is 9.56. The fraction of sp³-hybridized carbons (Fsp3) is 0.647. The summed E-state index contributed by atoms with van der Waals surface area (Å²) in [6.45, 7) is 12.7. The van der Waals surface area contributed by atoms with Crippen LogP contribution in [0.2, 0.25) is 0 Å². The Hall–Kier alpha value is -1.06. The lowest BCUT2D eigenvalue weighted by atomic mass is 10.1. The molecule has 2 atom stereocenters. The Morgan fingerprint density at radius 2 is 1.85 bits per heavy atom. The number of nitrogens with zero attached hydrogens (tertiary/aromatic N) is 1. The van der Waals surface area contributed by atoms with Gasteiger partial charge in [0.15, 0.2) is 0 Å². The van der Waals surface area contributed by atoms with Crippen LogP contribution in [0.4, 0.5) is 5.69 Å². The minimum Gasteiger partial charge on any atom is -0.372 e. The van der Waals surface area contributed by atoms with E-state index >= 15 is 0 Å². The summed E-state index contributed by atoms with van der Waals surface area (Å²) >= 11 is 0. The van der Waals surface area contributed by atoms with E-state index in [0.29, 0.717) is 18.1 Å². The van der Waals surface area contributed by atoms with Gasteiger partial charge in [-0.05, 0) is 37.9 Å². The van der Waals surface area contributed by atoms with Crippen LogP contribution in [0.15, 0.2) is 24.3 Å². The topological polar surface area (TPSA) is 24.5 Å². The fourth-order valence-electron chi connectivity index (χ4n) is 2.84. The molecule has 1 N–H and O–H groups in total. The van der Waals surface area contributed by atoms with E-state index in [1.807, 2.05) is 0 Å². The highest BCUT2D eigenvalue weighted by Gasteiger charge is 2.23. The Kier molecular flexibility index (Phi) is 5.44. The highest BCUT2D eigenvalue weighted by atomic mass is 16.5. The Morgan fingerprint density at radius 3 is 2.50 bits per heavy atom. The summed E-state index contributed by atoms with van der Waals surface area (Å²) < 4.78 is 5.83.